The molecule has 2 amide bonds. The number of aryl methyl sites for hydroxylation is 2. The van der Waals surface area contributed by atoms with Gasteiger partial charge < -0.3 is 10.2 Å². The van der Waals surface area contributed by atoms with Crippen LogP contribution in [0.5, 0.6) is 0 Å². The number of carbonyl (C=O) groups excluding carboxylic acids is 1. The zero-order valence-electron chi connectivity index (χ0n) is 17.4. The lowest BCUT2D eigenvalue weighted by Gasteiger charge is -2.24. The number of carbonyl (C=O) groups is 1. The van der Waals surface area contributed by atoms with E-state index in [1.54, 1.807) is 17.0 Å². The van der Waals surface area contributed by atoms with Gasteiger partial charge in [0.05, 0.1) is 6.54 Å². The fraction of sp³-hybridized carbons (Fsp3) is 0.240. The normalized spacial score (nSPS) is 12.4. The van der Waals surface area contributed by atoms with Crippen LogP contribution in [0, 0.1) is 0 Å². The molecule has 4 rings (SSSR count). The molecule has 0 fully saturated rings. The number of halogens is 1. The lowest BCUT2D eigenvalue weighted by molar-refractivity contribution is 0.256. The molecular weight excluding hydrogens is 394 g/mol. The molecule has 5 heteroatoms. The maximum Gasteiger partial charge on any atom is 0.326 e. The van der Waals surface area contributed by atoms with Crippen LogP contribution in [0.25, 0.3) is 0 Å². The third kappa shape index (κ3) is 4.60. The number of nitrogens with zero attached hydrogens (tertiary/aromatic N) is 2. The van der Waals surface area contributed by atoms with Gasteiger partial charge in [-0.3, -0.25) is 4.90 Å². The Balaban J connectivity index is 1.61. The number of rotatable bonds is 5. The van der Waals surface area contributed by atoms with E-state index in [0.29, 0.717) is 11.6 Å². The van der Waals surface area contributed by atoms with Crippen LogP contribution < -0.4 is 15.1 Å². The number of hydrogen-bond donors (Lipinski definition) is 1. The van der Waals surface area contributed by atoms with E-state index < -0.39 is 0 Å². The molecule has 0 unspecified atom stereocenters. The lowest BCUT2D eigenvalue weighted by atomic mass is 10.1. The highest BCUT2D eigenvalue weighted by molar-refractivity contribution is 6.30. The summed E-state index contributed by atoms with van der Waals surface area (Å²) in [4.78, 5) is 17.1. The molecular formula is C25H26ClN3O. The Morgan fingerprint density at radius 3 is 2.27 bits per heavy atom. The van der Waals surface area contributed by atoms with E-state index in [9.17, 15) is 4.79 Å². The molecule has 1 aliphatic carbocycles. The van der Waals surface area contributed by atoms with Gasteiger partial charge in [-0.25, -0.2) is 4.79 Å². The van der Waals surface area contributed by atoms with Gasteiger partial charge >= 0.3 is 6.03 Å². The van der Waals surface area contributed by atoms with E-state index >= 15 is 0 Å². The molecule has 30 heavy (non-hydrogen) atoms. The molecule has 0 saturated carbocycles. The second-order valence-electron chi connectivity index (χ2n) is 7.89. The Labute approximate surface area is 183 Å². The summed E-state index contributed by atoms with van der Waals surface area (Å²) in [7, 11) is 4.04. The molecule has 1 aliphatic rings. The van der Waals surface area contributed by atoms with Crippen LogP contribution in [-0.2, 0) is 19.4 Å². The lowest BCUT2D eigenvalue weighted by Crippen LogP contribution is -2.34. The fourth-order valence-corrected chi connectivity index (χ4v) is 3.94. The summed E-state index contributed by atoms with van der Waals surface area (Å²) in [5, 5.41) is 3.65. The zero-order valence-corrected chi connectivity index (χ0v) is 18.1. The van der Waals surface area contributed by atoms with Crippen LogP contribution in [0.1, 0.15) is 23.1 Å². The maximum atomic E-state index is 13.3. The zero-order chi connectivity index (χ0) is 21.1. The van der Waals surface area contributed by atoms with Gasteiger partial charge in [0.1, 0.15) is 0 Å². The highest BCUT2D eigenvalue weighted by Crippen LogP contribution is 2.28. The molecule has 0 radical (unpaired) electrons. The van der Waals surface area contributed by atoms with Crippen molar-refractivity contribution in [3.63, 3.8) is 0 Å². The molecule has 0 spiro atoms. The molecule has 0 aliphatic heterocycles. The van der Waals surface area contributed by atoms with Crippen molar-refractivity contribution in [2.75, 3.05) is 29.2 Å². The van der Waals surface area contributed by atoms with Crippen LogP contribution in [0.3, 0.4) is 0 Å². The number of urea groups is 1. The summed E-state index contributed by atoms with van der Waals surface area (Å²) in [6, 6.07) is 21.7. The van der Waals surface area contributed by atoms with Crippen LogP contribution in [0.15, 0.2) is 66.7 Å². The monoisotopic (exact) mass is 419 g/mol. The third-order valence-corrected chi connectivity index (χ3v) is 5.78. The van der Waals surface area contributed by atoms with Gasteiger partial charge in [0.25, 0.3) is 0 Å². The Morgan fingerprint density at radius 1 is 0.900 bits per heavy atom. The van der Waals surface area contributed by atoms with Crippen molar-refractivity contribution in [1.82, 2.24) is 0 Å². The summed E-state index contributed by atoms with van der Waals surface area (Å²) in [6.45, 7) is 0.492. The molecule has 154 valence electrons. The molecule has 0 atom stereocenters. The van der Waals surface area contributed by atoms with Crippen molar-refractivity contribution < 1.29 is 4.79 Å². The summed E-state index contributed by atoms with van der Waals surface area (Å²) < 4.78 is 0. The van der Waals surface area contributed by atoms with E-state index in [2.05, 4.69) is 52.7 Å². The van der Waals surface area contributed by atoms with Crippen molar-refractivity contribution in [3.8, 4) is 0 Å². The number of hydrogen-bond acceptors (Lipinski definition) is 2. The first-order valence-electron chi connectivity index (χ1n) is 10.2. The Hall–Kier alpha value is -2.98. The summed E-state index contributed by atoms with van der Waals surface area (Å²) in [6.07, 6.45) is 3.38. The molecule has 0 heterocycles. The molecule has 3 aromatic rings. The van der Waals surface area contributed by atoms with Crippen molar-refractivity contribution in [2.24, 2.45) is 0 Å². The Bertz CT molecular complexity index is 1030. The first-order valence-corrected chi connectivity index (χ1v) is 10.6. The van der Waals surface area contributed by atoms with Crippen molar-refractivity contribution >= 4 is 34.7 Å². The average molecular weight is 420 g/mol. The Morgan fingerprint density at radius 2 is 1.57 bits per heavy atom. The van der Waals surface area contributed by atoms with Crippen LogP contribution in [-0.4, -0.2) is 20.1 Å². The number of amides is 2. The second-order valence-corrected chi connectivity index (χ2v) is 8.33. The highest BCUT2D eigenvalue weighted by Gasteiger charge is 2.19. The van der Waals surface area contributed by atoms with E-state index in [-0.39, 0.29) is 6.03 Å². The highest BCUT2D eigenvalue weighted by atomic mass is 35.5. The molecule has 0 bridgehead atoms. The number of nitrogens with one attached hydrogen (secondary N) is 1. The molecule has 0 aromatic heterocycles. The third-order valence-electron chi connectivity index (χ3n) is 5.53. The summed E-state index contributed by atoms with van der Waals surface area (Å²) >= 11 is 5.98. The first kappa shape index (κ1) is 20.3. The van der Waals surface area contributed by atoms with Crippen LogP contribution >= 0.6 is 11.6 Å². The van der Waals surface area contributed by atoms with Gasteiger partial charge in [0.2, 0.25) is 0 Å². The van der Waals surface area contributed by atoms with E-state index in [1.165, 1.54) is 17.5 Å². The smallest absolute Gasteiger partial charge is 0.326 e. The SMILES string of the molecule is CN(C)c1ccc(CN(C(=O)Nc2ccc(Cl)cc2)c2ccc3c(c2)CCC3)cc1. The van der Waals surface area contributed by atoms with Gasteiger partial charge in [-0.15, -0.1) is 0 Å². The van der Waals surface area contributed by atoms with Gasteiger partial charge in [0.15, 0.2) is 0 Å². The van der Waals surface area contributed by atoms with Gasteiger partial charge in [0, 0.05) is 36.2 Å². The summed E-state index contributed by atoms with van der Waals surface area (Å²) in [5.74, 6) is 0. The predicted octanol–water partition coefficient (Wildman–Crippen LogP) is 6.13. The van der Waals surface area contributed by atoms with Crippen molar-refractivity contribution in [2.45, 2.75) is 25.8 Å². The molecule has 1 N–H and O–H groups in total. The second kappa shape index (κ2) is 8.80. The minimum atomic E-state index is -0.160. The van der Waals surface area contributed by atoms with Crippen LogP contribution in [0.4, 0.5) is 21.9 Å². The number of benzene rings is 3. The minimum absolute atomic E-state index is 0.160. The van der Waals surface area contributed by atoms with E-state index in [4.69, 9.17) is 11.6 Å². The number of fused-ring (bicyclic) bond motifs is 1. The van der Waals surface area contributed by atoms with Crippen molar-refractivity contribution in [1.29, 1.82) is 0 Å². The van der Waals surface area contributed by atoms with Gasteiger partial charge in [-0.05, 0) is 84.5 Å². The van der Waals surface area contributed by atoms with Crippen LogP contribution in [0.2, 0.25) is 5.02 Å². The van der Waals surface area contributed by atoms with Gasteiger partial charge in [-0.2, -0.15) is 0 Å². The Kier molecular flexibility index (Phi) is 5.96. The largest absolute Gasteiger partial charge is 0.378 e. The number of anilines is 3. The molecule has 0 saturated heterocycles. The van der Waals surface area contributed by atoms with Gasteiger partial charge in [-0.1, -0.05) is 29.8 Å². The fourth-order valence-electron chi connectivity index (χ4n) is 3.81. The topological polar surface area (TPSA) is 35.6 Å². The minimum Gasteiger partial charge on any atom is -0.378 e. The van der Waals surface area contributed by atoms with E-state index in [0.717, 1.165) is 35.5 Å². The summed E-state index contributed by atoms with van der Waals surface area (Å²) in [5.41, 5.74) is 6.59. The molecule has 3 aromatic carbocycles. The molecule has 4 nitrogen and oxygen atoms in total. The predicted molar refractivity (Wildman–Crippen MR) is 126 cm³/mol. The average Bonchev–Trinajstić information content (AvgIpc) is 3.22. The maximum absolute atomic E-state index is 13.3. The quantitative estimate of drug-likeness (QED) is 0.539. The van der Waals surface area contributed by atoms with E-state index in [1.807, 2.05) is 26.2 Å². The van der Waals surface area contributed by atoms with Crippen molar-refractivity contribution in [3.05, 3.63) is 88.4 Å². The first-order chi connectivity index (χ1) is 14.5. The standard InChI is InChI=1S/C25H26ClN3O/c1-28(2)23-13-6-18(7-14-23)17-29(24-15-8-19-4-3-5-20(19)16-24)25(30)27-22-11-9-21(26)10-12-22/h6-16H,3-5,17H2,1-2H3,(H,27,30).